The predicted octanol–water partition coefficient (Wildman–Crippen LogP) is 3.13. The summed E-state index contributed by atoms with van der Waals surface area (Å²) in [5, 5.41) is 8.06. The zero-order valence-corrected chi connectivity index (χ0v) is 8.36. The van der Waals surface area contributed by atoms with Gasteiger partial charge in [-0.1, -0.05) is 11.6 Å². The van der Waals surface area contributed by atoms with Crippen molar-refractivity contribution in [3.05, 3.63) is 34.1 Å². The van der Waals surface area contributed by atoms with Gasteiger partial charge >= 0.3 is 12.1 Å². The van der Waals surface area contributed by atoms with Crippen LogP contribution in [0.3, 0.4) is 0 Å². The molecule has 0 aliphatic heterocycles. The van der Waals surface area contributed by atoms with E-state index in [9.17, 15) is 22.4 Å². The Hall–Kier alpha value is -1.30. The van der Waals surface area contributed by atoms with E-state index in [2.05, 4.69) is 0 Å². The second-order valence-electron chi connectivity index (χ2n) is 2.96. The van der Waals surface area contributed by atoms with E-state index in [1.807, 2.05) is 0 Å². The first kappa shape index (κ1) is 12.8. The van der Waals surface area contributed by atoms with E-state index in [0.717, 1.165) is 6.07 Å². The van der Waals surface area contributed by atoms with Gasteiger partial charge in [0.25, 0.3) is 0 Å². The van der Waals surface area contributed by atoms with Crippen LogP contribution in [0.2, 0.25) is 5.02 Å². The fourth-order valence-electron chi connectivity index (χ4n) is 1.13. The lowest BCUT2D eigenvalue weighted by Crippen LogP contribution is -2.12. The van der Waals surface area contributed by atoms with Gasteiger partial charge in [-0.15, -0.1) is 0 Å². The Bertz CT molecular complexity index is 428. The molecule has 0 amide bonds. The monoisotopic (exact) mass is 256 g/mol. The largest absolute Gasteiger partial charge is 0.481 e. The van der Waals surface area contributed by atoms with Gasteiger partial charge in [-0.3, -0.25) is 4.79 Å². The standard InChI is InChI=1S/C9H5ClF4O2/c10-6-2-1-5(9(12,13)14)8(11)4(6)3-7(15)16/h1-2H,3H2,(H,15,16). The molecular formula is C9H5ClF4O2. The molecule has 16 heavy (non-hydrogen) atoms. The van der Waals surface area contributed by atoms with Crippen LogP contribution >= 0.6 is 11.6 Å². The third-order valence-electron chi connectivity index (χ3n) is 1.82. The van der Waals surface area contributed by atoms with Crippen LogP contribution < -0.4 is 0 Å². The van der Waals surface area contributed by atoms with Gasteiger partial charge in [-0.2, -0.15) is 13.2 Å². The Morgan fingerprint density at radius 3 is 2.38 bits per heavy atom. The summed E-state index contributed by atoms with van der Waals surface area (Å²) in [6.45, 7) is 0. The molecular weight excluding hydrogens is 252 g/mol. The lowest BCUT2D eigenvalue weighted by atomic mass is 10.1. The highest BCUT2D eigenvalue weighted by Crippen LogP contribution is 2.34. The summed E-state index contributed by atoms with van der Waals surface area (Å²) in [6.07, 6.45) is -5.77. The number of aliphatic carboxylic acids is 1. The minimum atomic E-state index is -4.87. The van der Waals surface area contributed by atoms with Crippen LogP contribution in [-0.4, -0.2) is 11.1 Å². The fourth-order valence-corrected chi connectivity index (χ4v) is 1.34. The molecule has 0 radical (unpaired) electrons. The quantitative estimate of drug-likeness (QED) is 0.826. The van der Waals surface area contributed by atoms with E-state index < -0.39 is 35.5 Å². The number of benzene rings is 1. The van der Waals surface area contributed by atoms with Crippen molar-refractivity contribution >= 4 is 17.6 Å². The number of hydrogen-bond donors (Lipinski definition) is 1. The first-order chi connectivity index (χ1) is 7.23. The van der Waals surface area contributed by atoms with E-state index in [4.69, 9.17) is 16.7 Å². The molecule has 1 aromatic carbocycles. The first-order valence-corrected chi connectivity index (χ1v) is 4.37. The Morgan fingerprint density at radius 2 is 1.94 bits per heavy atom. The van der Waals surface area contributed by atoms with Crippen LogP contribution in [0, 0.1) is 5.82 Å². The molecule has 0 saturated heterocycles. The maximum Gasteiger partial charge on any atom is 0.419 e. The van der Waals surface area contributed by atoms with Crippen LogP contribution in [-0.2, 0) is 17.4 Å². The molecule has 0 heterocycles. The van der Waals surface area contributed by atoms with Crippen molar-refractivity contribution < 1.29 is 27.5 Å². The highest BCUT2D eigenvalue weighted by molar-refractivity contribution is 6.31. The molecule has 0 atom stereocenters. The number of rotatable bonds is 2. The van der Waals surface area contributed by atoms with Gasteiger partial charge in [0, 0.05) is 10.6 Å². The summed E-state index contributed by atoms with van der Waals surface area (Å²) in [5.41, 5.74) is -2.18. The van der Waals surface area contributed by atoms with Crippen LogP contribution in [0.1, 0.15) is 11.1 Å². The van der Waals surface area contributed by atoms with Crippen molar-refractivity contribution in [3.8, 4) is 0 Å². The number of halogens is 5. The maximum atomic E-state index is 13.3. The van der Waals surface area contributed by atoms with E-state index in [0.29, 0.717) is 6.07 Å². The van der Waals surface area contributed by atoms with Crippen molar-refractivity contribution in [2.75, 3.05) is 0 Å². The maximum absolute atomic E-state index is 13.3. The van der Waals surface area contributed by atoms with Crippen molar-refractivity contribution in [1.29, 1.82) is 0 Å². The predicted molar refractivity (Wildman–Crippen MR) is 47.8 cm³/mol. The highest BCUT2D eigenvalue weighted by Gasteiger charge is 2.35. The number of alkyl halides is 3. The molecule has 7 heteroatoms. The molecule has 1 N–H and O–H groups in total. The van der Waals surface area contributed by atoms with E-state index in [1.54, 1.807) is 0 Å². The molecule has 1 aromatic rings. The molecule has 0 aliphatic rings. The SMILES string of the molecule is O=C(O)Cc1c(Cl)ccc(C(F)(F)F)c1F. The average Bonchev–Trinajstić information content (AvgIpc) is 2.09. The van der Waals surface area contributed by atoms with Gasteiger partial charge in [0.15, 0.2) is 0 Å². The Balaban J connectivity index is 3.33. The second-order valence-corrected chi connectivity index (χ2v) is 3.36. The van der Waals surface area contributed by atoms with Crippen LogP contribution in [0.5, 0.6) is 0 Å². The molecule has 2 nitrogen and oxygen atoms in total. The number of carboxylic acid groups (broad SMARTS) is 1. The van der Waals surface area contributed by atoms with Crippen molar-refractivity contribution in [3.63, 3.8) is 0 Å². The lowest BCUT2D eigenvalue weighted by molar-refractivity contribution is -0.141. The molecule has 0 spiro atoms. The molecule has 1 rings (SSSR count). The molecule has 88 valence electrons. The lowest BCUT2D eigenvalue weighted by Gasteiger charge is -2.11. The normalized spacial score (nSPS) is 11.6. The third kappa shape index (κ3) is 2.63. The van der Waals surface area contributed by atoms with Gasteiger partial charge in [-0.05, 0) is 12.1 Å². The zero-order chi connectivity index (χ0) is 12.5. The van der Waals surface area contributed by atoms with E-state index >= 15 is 0 Å². The zero-order valence-electron chi connectivity index (χ0n) is 7.61. The highest BCUT2D eigenvalue weighted by atomic mass is 35.5. The van der Waals surface area contributed by atoms with Crippen molar-refractivity contribution in [2.45, 2.75) is 12.6 Å². The van der Waals surface area contributed by atoms with E-state index in [1.165, 1.54) is 0 Å². The summed E-state index contributed by atoms with van der Waals surface area (Å²) in [5.74, 6) is -3.09. The first-order valence-electron chi connectivity index (χ1n) is 3.99. The van der Waals surface area contributed by atoms with Gasteiger partial charge in [0.2, 0.25) is 0 Å². The van der Waals surface area contributed by atoms with Crippen molar-refractivity contribution in [2.24, 2.45) is 0 Å². The Morgan fingerprint density at radius 1 is 1.38 bits per heavy atom. The molecule has 0 bridgehead atoms. The van der Waals surface area contributed by atoms with Gasteiger partial charge in [-0.25, -0.2) is 4.39 Å². The summed E-state index contributed by atoms with van der Waals surface area (Å²) in [4.78, 5) is 10.3. The molecule has 0 saturated carbocycles. The molecule has 0 fully saturated rings. The third-order valence-corrected chi connectivity index (χ3v) is 2.17. The summed E-state index contributed by atoms with van der Waals surface area (Å²) in [6, 6.07) is 1.30. The van der Waals surface area contributed by atoms with Crippen molar-refractivity contribution in [1.82, 2.24) is 0 Å². The smallest absolute Gasteiger partial charge is 0.419 e. The number of hydrogen-bond acceptors (Lipinski definition) is 1. The fraction of sp³-hybridized carbons (Fsp3) is 0.222. The molecule has 0 unspecified atom stereocenters. The summed E-state index contributed by atoms with van der Waals surface area (Å²) < 4.78 is 50.1. The van der Waals surface area contributed by atoms with Gasteiger partial charge in [0.05, 0.1) is 12.0 Å². The topological polar surface area (TPSA) is 37.3 Å². The number of carboxylic acids is 1. The van der Waals surface area contributed by atoms with Gasteiger partial charge < -0.3 is 5.11 Å². The van der Waals surface area contributed by atoms with Crippen LogP contribution in [0.15, 0.2) is 12.1 Å². The summed E-state index contributed by atoms with van der Waals surface area (Å²) in [7, 11) is 0. The average molecular weight is 257 g/mol. The molecule has 0 aliphatic carbocycles. The van der Waals surface area contributed by atoms with Crippen LogP contribution in [0.4, 0.5) is 17.6 Å². The molecule has 0 aromatic heterocycles. The van der Waals surface area contributed by atoms with Crippen LogP contribution in [0.25, 0.3) is 0 Å². The Labute approximate surface area is 92.4 Å². The Kier molecular flexibility index (Phi) is 3.42. The second kappa shape index (κ2) is 4.29. The van der Waals surface area contributed by atoms with E-state index in [-0.39, 0.29) is 5.02 Å². The summed E-state index contributed by atoms with van der Waals surface area (Å²) >= 11 is 5.42. The van der Waals surface area contributed by atoms with Gasteiger partial charge in [0.1, 0.15) is 5.82 Å². The minimum Gasteiger partial charge on any atom is -0.481 e. The minimum absolute atomic E-state index is 0.340. The number of carbonyl (C=O) groups is 1.